The number of hydrogen-bond acceptors (Lipinski definition) is 4. The first-order chi connectivity index (χ1) is 5.69. The van der Waals surface area contributed by atoms with Crippen LogP contribution in [-0.2, 0) is 6.42 Å². The number of nitrogens with zero attached hydrogens (tertiary/aromatic N) is 2. The zero-order valence-electron chi connectivity index (χ0n) is 7.68. The fourth-order valence-corrected chi connectivity index (χ4v) is 1.17. The highest BCUT2D eigenvalue weighted by molar-refractivity contribution is 5.48. The van der Waals surface area contributed by atoms with Crippen molar-refractivity contribution in [2.45, 2.75) is 20.3 Å². The van der Waals surface area contributed by atoms with Crippen molar-refractivity contribution in [3.8, 4) is 0 Å². The molecule has 0 aliphatic carbocycles. The van der Waals surface area contributed by atoms with Crippen molar-refractivity contribution in [2.24, 2.45) is 0 Å². The second-order valence-corrected chi connectivity index (χ2v) is 2.61. The Kier molecular flexibility index (Phi) is 2.47. The average molecular weight is 166 g/mol. The molecule has 4 nitrogen and oxygen atoms in total. The maximum Gasteiger partial charge on any atom is 0.222 e. The molecule has 1 aromatic rings. The van der Waals surface area contributed by atoms with E-state index < -0.39 is 0 Å². The number of aromatic nitrogens is 2. The van der Waals surface area contributed by atoms with Gasteiger partial charge >= 0.3 is 0 Å². The van der Waals surface area contributed by atoms with E-state index in [2.05, 4.69) is 15.3 Å². The van der Waals surface area contributed by atoms with Crippen LogP contribution in [0.5, 0.6) is 0 Å². The van der Waals surface area contributed by atoms with Crippen molar-refractivity contribution < 1.29 is 0 Å². The Labute approximate surface area is 72.2 Å². The lowest BCUT2D eigenvalue weighted by Crippen LogP contribution is -2.06. The predicted octanol–water partition coefficient (Wildman–Crippen LogP) is 0.971. The van der Waals surface area contributed by atoms with E-state index in [1.807, 2.05) is 20.9 Å². The minimum absolute atomic E-state index is 0.335. The van der Waals surface area contributed by atoms with Gasteiger partial charge in [0.2, 0.25) is 5.95 Å². The molecule has 1 aromatic heterocycles. The summed E-state index contributed by atoms with van der Waals surface area (Å²) in [7, 11) is 1.83. The lowest BCUT2D eigenvalue weighted by molar-refractivity contribution is 0.981. The SMILES string of the molecule is CCc1nc(N)nc(NC)c1C. The smallest absolute Gasteiger partial charge is 0.222 e. The maximum absolute atomic E-state index is 5.52. The Bertz CT molecular complexity index is 257. The van der Waals surface area contributed by atoms with Crippen molar-refractivity contribution in [1.29, 1.82) is 0 Å². The molecule has 0 bridgehead atoms. The van der Waals surface area contributed by atoms with Crippen LogP contribution in [0.2, 0.25) is 0 Å². The van der Waals surface area contributed by atoms with Crippen LogP contribution < -0.4 is 11.1 Å². The second kappa shape index (κ2) is 3.38. The van der Waals surface area contributed by atoms with Gasteiger partial charge in [0.1, 0.15) is 5.82 Å². The Morgan fingerprint density at radius 2 is 2.08 bits per heavy atom. The van der Waals surface area contributed by atoms with Crippen LogP contribution in [0, 0.1) is 6.92 Å². The number of hydrogen-bond donors (Lipinski definition) is 2. The quantitative estimate of drug-likeness (QED) is 0.687. The van der Waals surface area contributed by atoms with Gasteiger partial charge in [0.25, 0.3) is 0 Å². The number of nitrogens with two attached hydrogens (primary N) is 1. The highest BCUT2D eigenvalue weighted by Crippen LogP contribution is 2.15. The molecule has 0 saturated carbocycles. The topological polar surface area (TPSA) is 63.8 Å². The van der Waals surface area contributed by atoms with E-state index in [0.29, 0.717) is 5.95 Å². The molecule has 1 rings (SSSR count). The molecule has 4 heteroatoms. The van der Waals surface area contributed by atoms with E-state index in [9.17, 15) is 0 Å². The molecule has 3 N–H and O–H groups in total. The molecule has 66 valence electrons. The number of nitrogens with one attached hydrogen (secondary N) is 1. The fraction of sp³-hybridized carbons (Fsp3) is 0.500. The van der Waals surface area contributed by atoms with Gasteiger partial charge in [-0.15, -0.1) is 0 Å². The standard InChI is InChI=1S/C8H14N4/c1-4-6-5(2)7(10-3)12-8(9)11-6/h4H2,1-3H3,(H3,9,10,11,12). The lowest BCUT2D eigenvalue weighted by atomic mass is 10.2. The van der Waals surface area contributed by atoms with E-state index in [1.54, 1.807) is 0 Å². The Morgan fingerprint density at radius 1 is 1.42 bits per heavy atom. The van der Waals surface area contributed by atoms with Gasteiger partial charge in [-0.1, -0.05) is 6.92 Å². The summed E-state index contributed by atoms with van der Waals surface area (Å²) >= 11 is 0. The highest BCUT2D eigenvalue weighted by Gasteiger charge is 2.05. The zero-order chi connectivity index (χ0) is 9.14. The first-order valence-corrected chi connectivity index (χ1v) is 3.99. The summed E-state index contributed by atoms with van der Waals surface area (Å²) in [5.41, 5.74) is 7.60. The van der Waals surface area contributed by atoms with Crippen molar-refractivity contribution in [3.63, 3.8) is 0 Å². The van der Waals surface area contributed by atoms with Gasteiger partial charge in [0, 0.05) is 12.6 Å². The molecule has 0 fully saturated rings. The van der Waals surface area contributed by atoms with Gasteiger partial charge in [-0.05, 0) is 13.3 Å². The third-order valence-electron chi connectivity index (χ3n) is 1.84. The Hall–Kier alpha value is -1.32. The highest BCUT2D eigenvalue weighted by atomic mass is 15.1. The Balaban J connectivity index is 3.22. The van der Waals surface area contributed by atoms with Gasteiger partial charge in [0.05, 0.1) is 5.69 Å². The zero-order valence-corrected chi connectivity index (χ0v) is 7.68. The number of nitrogen functional groups attached to an aromatic ring is 1. The lowest BCUT2D eigenvalue weighted by Gasteiger charge is -2.08. The van der Waals surface area contributed by atoms with Crippen molar-refractivity contribution >= 4 is 11.8 Å². The fourth-order valence-electron chi connectivity index (χ4n) is 1.17. The number of anilines is 2. The monoisotopic (exact) mass is 166 g/mol. The van der Waals surface area contributed by atoms with Crippen LogP contribution in [0.3, 0.4) is 0 Å². The van der Waals surface area contributed by atoms with Crippen molar-refractivity contribution in [2.75, 3.05) is 18.1 Å². The number of rotatable bonds is 2. The summed E-state index contributed by atoms with van der Waals surface area (Å²) in [6.45, 7) is 4.04. The molecule has 0 amide bonds. The van der Waals surface area contributed by atoms with Crippen LogP contribution in [0.15, 0.2) is 0 Å². The van der Waals surface area contributed by atoms with E-state index in [1.165, 1.54) is 0 Å². The molecular formula is C8H14N4. The van der Waals surface area contributed by atoms with E-state index in [4.69, 9.17) is 5.73 Å². The van der Waals surface area contributed by atoms with Gasteiger partial charge < -0.3 is 11.1 Å². The van der Waals surface area contributed by atoms with Crippen LogP contribution in [0.4, 0.5) is 11.8 Å². The molecule has 1 heterocycles. The summed E-state index contributed by atoms with van der Waals surface area (Å²) in [5, 5.41) is 2.98. The molecule has 12 heavy (non-hydrogen) atoms. The van der Waals surface area contributed by atoms with Gasteiger partial charge in [-0.2, -0.15) is 4.98 Å². The maximum atomic E-state index is 5.52. The molecule has 0 aromatic carbocycles. The van der Waals surface area contributed by atoms with Crippen LogP contribution >= 0.6 is 0 Å². The molecule has 0 radical (unpaired) electrons. The van der Waals surface area contributed by atoms with Crippen molar-refractivity contribution in [3.05, 3.63) is 11.3 Å². The molecule has 0 aliphatic heterocycles. The van der Waals surface area contributed by atoms with E-state index in [0.717, 1.165) is 23.5 Å². The average Bonchev–Trinajstić information content (AvgIpc) is 2.08. The summed E-state index contributed by atoms with van der Waals surface area (Å²) in [6.07, 6.45) is 0.882. The van der Waals surface area contributed by atoms with Crippen LogP contribution in [-0.4, -0.2) is 17.0 Å². The summed E-state index contributed by atoms with van der Waals surface area (Å²) in [5.74, 6) is 1.15. The third kappa shape index (κ3) is 1.47. The molecule has 0 unspecified atom stereocenters. The summed E-state index contributed by atoms with van der Waals surface area (Å²) in [6, 6.07) is 0. The van der Waals surface area contributed by atoms with Crippen LogP contribution in [0.25, 0.3) is 0 Å². The molecule has 0 atom stereocenters. The summed E-state index contributed by atoms with van der Waals surface area (Å²) < 4.78 is 0. The van der Waals surface area contributed by atoms with Gasteiger partial charge in [-0.25, -0.2) is 4.98 Å². The minimum atomic E-state index is 0.335. The molecule has 0 spiro atoms. The summed E-state index contributed by atoms with van der Waals surface area (Å²) in [4.78, 5) is 8.18. The first-order valence-electron chi connectivity index (χ1n) is 3.99. The second-order valence-electron chi connectivity index (χ2n) is 2.61. The Morgan fingerprint density at radius 3 is 2.58 bits per heavy atom. The largest absolute Gasteiger partial charge is 0.373 e. The van der Waals surface area contributed by atoms with Gasteiger partial charge in [-0.3, -0.25) is 0 Å². The molecule has 0 saturated heterocycles. The first kappa shape index (κ1) is 8.77. The third-order valence-corrected chi connectivity index (χ3v) is 1.84. The normalized spacial score (nSPS) is 9.92. The molecular weight excluding hydrogens is 152 g/mol. The number of aryl methyl sites for hydroxylation is 1. The predicted molar refractivity (Wildman–Crippen MR) is 50.1 cm³/mol. The van der Waals surface area contributed by atoms with Gasteiger partial charge in [0.15, 0.2) is 0 Å². The minimum Gasteiger partial charge on any atom is -0.373 e. The molecule has 0 aliphatic rings. The van der Waals surface area contributed by atoms with Crippen LogP contribution in [0.1, 0.15) is 18.2 Å². The van der Waals surface area contributed by atoms with E-state index in [-0.39, 0.29) is 0 Å². The van der Waals surface area contributed by atoms with Crippen molar-refractivity contribution in [1.82, 2.24) is 9.97 Å². The van der Waals surface area contributed by atoms with E-state index >= 15 is 0 Å².